The smallest absolute Gasteiger partial charge is 0.238 e. The molecular formula is C14H19F2N3O. The summed E-state index contributed by atoms with van der Waals surface area (Å²) in [5.74, 6) is -1.95. The van der Waals surface area contributed by atoms with Crippen molar-refractivity contribution in [1.29, 1.82) is 0 Å². The highest BCUT2D eigenvalue weighted by Gasteiger charge is 2.18. The number of rotatable bonds is 5. The van der Waals surface area contributed by atoms with E-state index in [1.165, 1.54) is 6.07 Å². The number of nitrogens with zero attached hydrogens (tertiary/aromatic N) is 1. The van der Waals surface area contributed by atoms with Gasteiger partial charge in [0.1, 0.15) is 17.3 Å². The molecule has 2 rings (SSSR count). The third kappa shape index (κ3) is 3.98. The number of halogens is 2. The highest BCUT2D eigenvalue weighted by molar-refractivity contribution is 5.92. The van der Waals surface area contributed by atoms with Gasteiger partial charge in [0.2, 0.25) is 5.91 Å². The van der Waals surface area contributed by atoms with E-state index in [0.717, 1.165) is 38.1 Å². The Hall–Kier alpha value is -1.53. The summed E-state index contributed by atoms with van der Waals surface area (Å²) in [6.07, 6.45) is 2.24. The van der Waals surface area contributed by atoms with Crippen LogP contribution in [-0.2, 0) is 4.79 Å². The molecule has 1 unspecified atom stereocenters. The van der Waals surface area contributed by atoms with Crippen LogP contribution in [0.25, 0.3) is 0 Å². The van der Waals surface area contributed by atoms with E-state index in [-0.39, 0.29) is 12.2 Å². The number of anilines is 1. The molecule has 0 saturated carbocycles. The molecule has 0 aromatic heterocycles. The molecule has 20 heavy (non-hydrogen) atoms. The number of amides is 1. The molecule has 1 amide bonds. The molecule has 1 aliphatic heterocycles. The van der Waals surface area contributed by atoms with Gasteiger partial charge in [-0.25, -0.2) is 8.78 Å². The van der Waals surface area contributed by atoms with E-state index in [4.69, 9.17) is 0 Å². The van der Waals surface area contributed by atoms with Gasteiger partial charge in [-0.15, -0.1) is 0 Å². The second kappa shape index (κ2) is 6.76. The van der Waals surface area contributed by atoms with Crippen molar-refractivity contribution in [2.75, 3.05) is 32.0 Å². The summed E-state index contributed by atoms with van der Waals surface area (Å²) >= 11 is 0. The van der Waals surface area contributed by atoms with Gasteiger partial charge in [0.05, 0.1) is 6.54 Å². The standard InChI is InChI=1S/C14H19F2N3O/c1-19(8-10-4-3-7-17-10)9-13(20)18-14-11(15)5-2-6-12(14)16/h2,5-6,10,17H,3-4,7-9H2,1H3,(H,18,20). The number of hydrogen-bond donors (Lipinski definition) is 2. The minimum Gasteiger partial charge on any atom is -0.320 e. The Bertz CT molecular complexity index is 455. The zero-order valence-electron chi connectivity index (χ0n) is 11.5. The van der Waals surface area contributed by atoms with Crippen molar-refractivity contribution in [2.45, 2.75) is 18.9 Å². The molecule has 1 aromatic carbocycles. The lowest BCUT2D eigenvalue weighted by molar-refractivity contribution is -0.117. The van der Waals surface area contributed by atoms with Crippen LogP contribution in [0.1, 0.15) is 12.8 Å². The zero-order chi connectivity index (χ0) is 14.5. The minimum absolute atomic E-state index is 0.103. The number of carbonyl (C=O) groups excluding carboxylic acids is 1. The van der Waals surface area contributed by atoms with E-state index in [2.05, 4.69) is 10.6 Å². The Kier molecular flexibility index (Phi) is 5.03. The summed E-state index contributed by atoms with van der Waals surface area (Å²) < 4.78 is 26.8. The summed E-state index contributed by atoms with van der Waals surface area (Å²) in [6, 6.07) is 3.88. The fraction of sp³-hybridized carbons (Fsp3) is 0.500. The Morgan fingerprint density at radius 3 is 2.75 bits per heavy atom. The van der Waals surface area contributed by atoms with Crippen molar-refractivity contribution < 1.29 is 13.6 Å². The molecule has 0 bridgehead atoms. The lowest BCUT2D eigenvalue weighted by atomic mass is 10.2. The molecule has 0 spiro atoms. The normalized spacial score (nSPS) is 18.5. The van der Waals surface area contributed by atoms with Crippen LogP contribution in [0.4, 0.5) is 14.5 Å². The number of likely N-dealkylation sites (N-methyl/N-ethyl adjacent to an activating group) is 1. The van der Waals surface area contributed by atoms with E-state index in [1.54, 1.807) is 0 Å². The van der Waals surface area contributed by atoms with Crippen molar-refractivity contribution >= 4 is 11.6 Å². The van der Waals surface area contributed by atoms with Gasteiger partial charge in [-0.05, 0) is 38.6 Å². The van der Waals surface area contributed by atoms with Gasteiger partial charge in [-0.3, -0.25) is 9.69 Å². The fourth-order valence-corrected chi connectivity index (χ4v) is 2.39. The monoisotopic (exact) mass is 283 g/mol. The average Bonchev–Trinajstić information content (AvgIpc) is 2.86. The predicted molar refractivity (Wildman–Crippen MR) is 73.5 cm³/mol. The first-order chi connectivity index (χ1) is 9.56. The van der Waals surface area contributed by atoms with E-state index in [9.17, 15) is 13.6 Å². The predicted octanol–water partition coefficient (Wildman–Crippen LogP) is 1.59. The number of benzene rings is 1. The van der Waals surface area contributed by atoms with E-state index in [0.29, 0.717) is 6.04 Å². The van der Waals surface area contributed by atoms with Crippen LogP contribution in [0, 0.1) is 11.6 Å². The van der Waals surface area contributed by atoms with Gasteiger partial charge < -0.3 is 10.6 Å². The van der Waals surface area contributed by atoms with Crippen molar-refractivity contribution in [2.24, 2.45) is 0 Å². The van der Waals surface area contributed by atoms with Crippen LogP contribution < -0.4 is 10.6 Å². The van der Waals surface area contributed by atoms with Crippen molar-refractivity contribution in [3.63, 3.8) is 0 Å². The quantitative estimate of drug-likeness (QED) is 0.862. The highest BCUT2D eigenvalue weighted by Crippen LogP contribution is 2.17. The maximum absolute atomic E-state index is 13.4. The van der Waals surface area contributed by atoms with Gasteiger partial charge >= 0.3 is 0 Å². The molecule has 1 atom stereocenters. The van der Waals surface area contributed by atoms with E-state index < -0.39 is 17.5 Å². The number of para-hydroxylation sites is 1. The fourth-order valence-electron chi connectivity index (χ4n) is 2.39. The number of hydrogen-bond acceptors (Lipinski definition) is 3. The second-order valence-electron chi connectivity index (χ2n) is 5.13. The topological polar surface area (TPSA) is 44.4 Å². The van der Waals surface area contributed by atoms with Gasteiger partial charge in [0.25, 0.3) is 0 Å². The molecule has 1 aliphatic rings. The van der Waals surface area contributed by atoms with Crippen LogP contribution in [0.3, 0.4) is 0 Å². The Balaban J connectivity index is 1.85. The Labute approximate surface area is 117 Å². The summed E-state index contributed by atoms with van der Waals surface area (Å²) in [5, 5.41) is 5.62. The molecular weight excluding hydrogens is 264 g/mol. The molecule has 0 aliphatic carbocycles. The molecule has 0 radical (unpaired) electrons. The third-order valence-corrected chi connectivity index (χ3v) is 3.34. The zero-order valence-corrected chi connectivity index (χ0v) is 11.5. The largest absolute Gasteiger partial charge is 0.320 e. The second-order valence-corrected chi connectivity index (χ2v) is 5.13. The Morgan fingerprint density at radius 1 is 1.45 bits per heavy atom. The van der Waals surface area contributed by atoms with Gasteiger partial charge in [-0.2, -0.15) is 0 Å². The molecule has 4 nitrogen and oxygen atoms in total. The van der Waals surface area contributed by atoms with Gasteiger partial charge in [-0.1, -0.05) is 6.07 Å². The minimum atomic E-state index is -0.765. The van der Waals surface area contributed by atoms with Crippen molar-refractivity contribution in [1.82, 2.24) is 10.2 Å². The third-order valence-electron chi connectivity index (χ3n) is 3.34. The molecule has 1 aromatic rings. The summed E-state index contributed by atoms with van der Waals surface area (Å²) in [4.78, 5) is 13.6. The van der Waals surface area contributed by atoms with Crippen LogP contribution in [-0.4, -0.2) is 43.5 Å². The van der Waals surface area contributed by atoms with Crippen LogP contribution in [0.2, 0.25) is 0 Å². The van der Waals surface area contributed by atoms with Gasteiger partial charge in [0, 0.05) is 12.6 Å². The molecule has 110 valence electrons. The number of carbonyl (C=O) groups is 1. The van der Waals surface area contributed by atoms with Crippen LogP contribution in [0.5, 0.6) is 0 Å². The van der Waals surface area contributed by atoms with Crippen LogP contribution in [0.15, 0.2) is 18.2 Å². The first kappa shape index (κ1) is 14.9. The summed E-state index contributed by atoms with van der Waals surface area (Å²) in [7, 11) is 1.82. The van der Waals surface area contributed by atoms with E-state index in [1.807, 2.05) is 11.9 Å². The Morgan fingerprint density at radius 2 is 2.15 bits per heavy atom. The molecule has 6 heteroatoms. The summed E-state index contributed by atoms with van der Waals surface area (Å²) in [5.41, 5.74) is -0.384. The molecule has 1 fully saturated rings. The maximum Gasteiger partial charge on any atom is 0.238 e. The van der Waals surface area contributed by atoms with Crippen molar-refractivity contribution in [3.05, 3.63) is 29.8 Å². The van der Waals surface area contributed by atoms with E-state index >= 15 is 0 Å². The summed E-state index contributed by atoms with van der Waals surface area (Å²) in [6.45, 7) is 1.85. The molecule has 1 heterocycles. The first-order valence-electron chi connectivity index (χ1n) is 6.72. The highest BCUT2D eigenvalue weighted by atomic mass is 19.1. The molecule has 2 N–H and O–H groups in total. The first-order valence-corrected chi connectivity index (χ1v) is 6.72. The lowest BCUT2D eigenvalue weighted by Crippen LogP contribution is -2.39. The molecule has 1 saturated heterocycles. The lowest BCUT2D eigenvalue weighted by Gasteiger charge is -2.20. The average molecular weight is 283 g/mol. The van der Waals surface area contributed by atoms with Gasteiger partial charge in [0.15, 0.2) is 0 Å². The van der Waals surface area contributed by atoms with Crippen molar-refractivity contribution in [3.8, 4) is 0 Å². The number of nitrogens with one attached hydrogen (secondary N) is 2. The maximum atomic E-state index is 13.4. The van der Waals surface area contributed by atoms with Crippen LogP contribution >= 0.6 is 0 Å². The SMILES string of the molecule is CN(CC(=O)Nc1c(F)cccc1F)CC1CCCN1.